The van der Waals surface area contributed by atoms with Crippen molar-refractivity contribution in [1.82, 2.24) is 19.6 Å². The molecule has 25 heavy (non-hydrogen) atoms. The van der Waals surface area contributed by atoms with Gasteiger partial charge in [0.15, 0.2) is 6.73 Å². The van der Waals surface area contributed by atoms with Crippen LogP contribution in [-0.4, -0.2) is 25.5 Å². The maximum absolute atomic E-state index is 12.3. The molecule has 3 aromatic rings. The van der Waals surface area contributed by atoms with Crippen molar-refractivity contribution < 1.29 is 9.53 Å². The van der Waals surface area contributed by atoms with E-state index in [9.17, 15) is 4.79 Å². The van der Waals surface area contributed by atoms with Crippen LogP contribution in [0.25, 0.3) is 0 Å². The number of nitrogens with one attached hydrogen (secondary N) is 1. The van der Waals surface area contributed by atoms with Gasteiger partial charge in [-0.05, 0) is 41.1 Å². The van der Waals surface area contributed by atoms with Crippen molar-refractivity contribution in [3.63, 3.8) is 0 Å². The summed E-state index contributed by atoms with van der Waals surface area (Å²) in [4.78, 5) is 12.3. The fourth-order valence-corrected chi connectivity index (χ4v) is 2.57. The number of hydrogen-bond donors (Lipinski definition) is 1. The molecule has 0 aliphatic heterocycles. The van der Waals surface area contributed by atoms with Crippen LogP contribution in [0.3, 0.4) is 0 Å². The fourth-order valence-electron chi connectivity index (χ4n) is 2.09. The van der Waals surface area contributed by atoms with Crippen molar-refractivity contribution in [2.75, 3.05) is 5.32 Å². The standard InChI is InChI=1S/C16H15BrClN5O2/c1-11(23-8-12(17)6-20-23)16(24)21-14-7-19-22(9-14)10-25-15-4-2-3-13(18)5-15/h2-9,11H,10H2,1H3,(H,21,24). The molecule has 9 heteroatoms. The topological polar surface area (TPSA) is 74.0 Å². The number of carbonyl (C=O) groups is 1. The van der Waals surface area contributed by atoms with Crippen LogP contribution in [0, 0.1) is 0 Å². The van der Waals surface area contributed by atoms with Crippen molar-refractivity contribution in [3.8, 4) is 5.75 Å². The lowest BCUT2D eigenvalue weighted by Gasteiger charge is -2.11. The van der Waals surface area contributed by atoms with E-state index in [0.717, 1.165) is 4.47 Å². The molecule has 0 fully saturated rings. The van der Waals surface area contributed by atoms with Crippen LogP contribution >= 0.6 is 27.5 Å². The van der Waals surface area contributed by atoms with Crippen LogP contribution in [0.2, 0.25) is 5.02 Å². The Morgan fingerprint density at radius 2 is 2.20 bits per heavy atom. The minimum atomic E-state index is -0.447. The quantitative estimate of drug-likeness (QED) is 0.654. The first-order valence-electron chi connectivity index (χ1n) is 7.42. The van der Waals surface area contributed by atoms with Crippen LogP contribution in [0.5, 0.6) is 5.75 Å². The van der Waals surface area contributed by atoms with E-state index in [-0.39, 0.29) is 12.6 Å². The highest BCUT2D eigenvalue weighted by atomic mass is 79.9. The van der Waals surface area contributed by atoms with Gasteiger partial charge in [0.05, 0.1) is 28.8 Å². The molecule has 1 amide bonds. The Kier molecular flexibility index (Phi) is 5.40. The molecular weight excluding hydrogens is 410 g/mol. The van der Waals surface area contributed by atoms with Gasteiger partial charge in [-0.1, -0.05) is 17.7 Å². The first-order valence-corrected chi connectivity index (χ1v) is 8.60. The van der Waals surface area contributed by atoms with Gasteiger partial charge in [0.1, 0.15) is 11.8 Å². The van der Waals surface area contributed by atoms with E-state index < -0.39 is 6.04 Å². The summed E-state index contributed by atoms with van der Waals surface area (Å²) in [5, 5.41) is 11.7. The molecule has 2 heterocycles. The molecule has 3 rings (SSSR count). The second kappa shape index (κ2) is 7.71. The number of ether oxygens (including phenoxy) is 1. The first-order chi connectivity index (χ1) is 12.0. The van der Waals surface area contributed by atoms with Gasteiger partial charge >= 0.3 is 0 Å². The lowest BCUT2D eigenvalue weighted by Crippen LogP contribution is -2.23. The highest BCUT2D eigenvalue weighted by Gasteiger charge is 2.16. The van der Waals surface area contributed by atoms with E-state index in [1.807, 2.05) is 6.07 Å². The Morgan fingerprint density at radius 1 is 1.36 bits per heavy atom. The largest absolute Gasteiger partial charge is 0.471 e. The maximum atomic E-state index is 12.3. The third-order valence-electron chi connectivity index (χ3n) is 3.41. The molecule has 0 radical (unpaired) electrons. The van der Waals surface area contributed by atoms with Gasteiger partial charge in [0.25, 0.3) is 0 Å². The second-order valence-electron chi connectivity index (χ2n) is 5.30. The minimum absolute atomic E-state index is 0.189. The van der Waals surface area contributed by atoms with Gasteiger partial charge in [-0.2, -0.15) is 10.2 Å². The van der Waals surface area contributed by atoms with Crippen LogP contribution in [0.15, 0.2) is 53.5 Å². The zero-order valence-electron chi connectivity index (χ0n) is 13.3. The molecular formula is C16H15BrClN5O2. The van der Waals surface area contributed by atoms with Crippen molar-refractivity contribution in [3.05, 3.63) is 58.5 Å². The molecule has 0 bridgehead atoms. The molecule has 1 aromatic carbocycles. The molecule has 0 spiro atoms. The molecule has 1 unspecified atom stereocenters. The third kappa shape index (κ3) is 4.61. The molecule has 7 nitrogen and oxygen atoms in total. The van der Waals surface area contributed by atoms with E-state index in [1.165, 1.54) is 0 Å². The molecule has 130 valence electrons. The summed E-state index contributed by atoms with van der Waals surface area (Å²) in [5.41, 5.74) is 0.581. The normalized spacial score (nSPS) is 12.0. The van der Waals surface area contributed by atoms with Gasteiger partial charge in [0, 0.05) is 11.2 Å². The van der Waals surface area contributed by atoms with E-state index in [1.54, 1.807) is 59.3 Å². The Morgan fingerprint density at radius 3 is 2.92 bits per heavy atom. The number of anilines is 1. The first kappa shape index (κ1) is 17.5. The molecule has 1 atom stereocenters. The van der Waals surface area contributed by atoms with E-state index in [2.05, 4.69) is 31.4 Å². The van der Waals surface area contributed by atoms with Crippen LogP contribution < -0.4 is 10.1 Å². The monoisotopic (exact) mass is 423 g/mol. The average molecular weight is 425 g/mol. The maximum Gasteiger partial charge on any atom is 0.249 e. The van der Waals surface area contributed by atoms with E-state index in [0.29, 0.717) is 16.5 Å². The zero-order chi connectivity index (χ0) is 17.8. The lowest BCUT2D eigenvalue weighted by atomic mass is 10.3. The number of rotatable bonds is 6. The number of amides is 1. The van der Waals surface area contributed by atoms with Crippen molar-refractivity contribution >= 4 is 39.1 Å². The number of carbonyl (C=O) groups excluding carboxylic acids is 1. The van der Waals surface area contributed by atoms with Crippen LogP contribution in [-0.2, 0) is 11.5 Å². The summed E-state index contributed by atoms with van der Waals surface area (Å²) in [6, 6.07) is 6.66. The Hall–Kier alpha value is -2.32. The van der Waals surface area contributed by atoms with Gasteiger partial charge < -0.3 is 10.1 Å². The Balaban J connectivity index is 1.57. The van der Waals surface area contributed by atoms with Gasteiger partial charge in [-0.15, -0.1) is 0 Å². The number of benzene rings is 1. The van der Waals surface area contributed by atoms with Crippen molar-refractivity contribution in [2.45, 2.75) is 19.7 Å². The Labute approximate surface area is 157 Å². The molecule has 0 saturated carbocycles. The van der Waals surface area contributed by atoms with E-state index in [4.69, 9.17) is 16.3 Å². The average Bonchev–Trinajstić information content (AvgIpc) is 3.21. The summed E-state index contributed by atoms with van der Waals surface area (Å²) in [7, 11) is 0. The van der Waals surface area contributed by atoms with Crippen molar-refractivity contribution in [2.24, 2.45) is 0 Å². The summed E-state index contributed by atoms with van der Waals surface area (Å²) >= 11 is 9.22. The van der Waals surface area contributed by atoms with Crippen molar-refractivity contribution in [1.29, 1.82) is 0 Å². The molecule has 2 aromatic heterocycles. The number of halogens is 2. The smallest absolute Gasteiger partial charge is 0.249 e. The summed E-state index contributed by atoms with van der Waals surface area (Å²) in [6.45, 7) is 1.97. The molecule has 0 saturated heterocycles. The van der Waals surface area contributed by atoms with Gasteiger partial charge in [0.2, 0.25) is 5.91 Å². The number of hydrogen-bond acceptors (Lipinski definition) is 4. The van der Waals surface area contributed by atoms with Gasteiger partial charge in [-0.25, -0.2) is 4.68 Å². The molecule has 0 aliphatic rings. The Bertz CT molecular complexity index is 879. The third-order valence-corrected chi connectivity index (χ3v) is 4.05. The SMILES string of the molecule is CC(C(=O)Nc1cnn(COc2cccc(Cl)c2)c1)n1cc(Br)cn1. The zero-order valence-corrected chi connectivity index (χ0v) is 15.6. The summed E-state index contributed by atoms with van der Waals surface area (Å²) in [5.74, 6) is 0.456. The van der Waals surface area contributed by atoms with Crippen LogP contribution in [0.1, 0.15) is 13.0 Å². The number of nitrogens with zero attached hydrogens (tertiary/aromatic N) is 4. The van der Waals surface area contributed by atoms with Crippen LogP contribution in [0.4, 0.5) is 5.69 Å². The summed E-state index contributed by atoms with van der Waals surface area (Å²) in [6.07, 6.45) is 6.63. The molecule has 1 N–H and O–H groups in total. The highest BCUT2D eigenvalue weighted by molar-refractivity contribution is 9.10. The fraction of sp³-hybridized carbons (Fsp3) is 0.188. The lowest BCUT2D eigenvalue weighted by molar-refractivity contribution is -0.119. The van der Waals surface area contributed by atoms with Gasteiger partial charge in [-0.3, -0.25) is 9.48 Å². The molecule has 0 aliphatic carbocycles. The highest BCUT2D eigenvalue weighted by Crippen LogP contribution is 2.18. The minimum Gasteiger partial charge on any atom is -0.471 e. The summed E-state index contributed by atoms with van der Waals surface area (Å²) < 4.78 is 9.56. The predicted octanol–water partition coefficient (Wildman–Crippen LogP) is 3.73. The number of aromatic nitrogens is 4. The van der Waals surface area contributed by atoms with E-state index >= 15 is 0 Å². The predicted molar refractivity (Wildman–Crippen MR) is 97.6 cm³/mol. The second-order valence-corrected chi connectivity index (χ2v) is 6.66.